The summed E-state index contributed by atoms with van der Waals surface area (Å²) < 4.78 is 0. The van der Waals surface area contributed by atoms with Crippen molar-refractivity contribution in [2.75, 3.05) is 0 Å². The van der Waals surface area contributed by atoms with Crippen molar-refractivity contribution in [2.24, 2.45) is 0 Å². The summed E-state index contributed by atoms with van der Waals surface area (Å²) in [4.78, 5) is 0. The lowest BCUT2D eigenvalue weighted by Gasteiger charge is -2.25. The number of hydrogen-bond donors (Lipinski definition) is 2. The highest BCUT2D eigenvalue weighted by molar-refractivity contribution is 5.44. The van der Waals surface area contributed by atoms with Gasteiger partial charge in [-0.1, -0.05) is 35.4 Å². The van der Waals surface area contributed by atoms with E-state index in [0.717, 1.165) is 33.4 Å². The molecule has 2 aromatic carbocycles. The van der Waals surface area contributed by atoms with Crippen LogP contribution in [-0.4, -0.2) is 10.2 Å². The SMILES string of the molecule is Cc1cc(C)c(C(O)C(O)c2c(C)cc(C)cc2C)c(C)c1. The Kier molecular flexibility index (Phi) is 4.74. The molecule has 0 amide bonds. The van der Waals surface area contributed by atoms with Crippen LogP contribution in [-0.2, 0) is 0 Å². The van der Waals surface area contributed by atoms with Crippen LogP contribution in [0.4, 0.5) is 0 Å². The van der Waals surface area contributed by atoms with Crippen LogP contribution in [0.25, 0.3) is 0 Å². The van der Waals surface area contributed by atoms with Gasteiger partial charge in [0.05, 0.1) is 0 Å². The van der Waals surface area contributed by atoms with Crippen LogP contribution in [0.3, 0.4) is 0 Å². The van der Waals surface area contributed by atoms with E-state index < -0.39 is 12.2 Å². The summed E-state index contributed by atoms with van der Waals surface area (Å²) in [5, 5.41) is 21.5. The number of benzene rings is 2. The van der Waals surface area contributed by atoms with Gasteiger partial charge >= 0.3 is 0 Å². The fourth-order valence-corrected chi connectivity index (χ4v) is 3.63. The van der Waals surface area contributed by atoms with Crippen molar-refractivity contribution in [3.63, 3.8) is 0 Å². The summed E-state index contributed by atoms with van der Waals surface area (Å²) >= 11 is 0. The molecule has 0 saturated heterocycles. The maximum Gasteiger partial charge on any atom is 0.110 e. The van der Waals surface area contributed by atoms with E-state index in [-0.39, 0.29) is 0 Å². The Morgan fingerprint density at radius 2 is 0.773 bits per heavy atom. The van der Waals surface area contributed by atoms with Crippen molar-refractivity contribution in [2.45, 2.75) is 53.8 Å². The summed E-state index contributed by atoms with van der Waals surface area (Å²) in [7, 11) is 0. The minimum absolute atomic E-state index is 0.831. The Bertz CT molecular complexity index is 593. The zero-order valence-electron chi connectivity index (χ0n) is 14.4. The number of aliphatic hydroxyl groups is 2. The van der Waals surface area contributed by atoms with Gasteiger partial charge in [0.15, 0.2) is 0 Å². The summed E-state index contributed by atoms with van der Waals surface area (Å²) in [5.41, 5.74) is 8.08. The molecular weight excluding hydrogens is 272 g/mol. The maximum atomic E-state index is 10.8. The Labute approximate surface area is 133 Å². The van der Waals surface area contributed by atoms with Crippen molar-refractivity contribution >= 4 is 0 Å². The highest BCUT2D eigenvalue weighted by atomic mass is 16.3. The molecular formula is C20H26O2. The monoisotopic (exact) mass is 298 g/mol. The molecule has 0 aliphatic carbocycles. The van der Waals surface area contributed by atoms with Crippen LogP contribution in [0.5, 0.6) is 0 Å². The smallest absolute Gasteiger partial charge is 0.110 e. The molecule has 2 aromatic rings. The van der Waals surface area contributed by atoms with Crippen molar-refractivity contribution in [1.82, 2.24) is 0 Å². The topological polar surface area (TPSA) is 40.5 Å². The molecule has 118 valence electrons. The molecule has 0 spiro atoms. The Hall–Kier alpha value is -1.64. The molecule has 2 nitrogen and oxygen atoms in total. The molecule has 0 heterocycles. The largest absolute Gasteiger partial charge is 0.385 e. The molecule has 2 unspecified atom stereocenters. The standard InChI is InChI=1S/C20H26O2/c1-11-7-13(3)17(14(4)8-11)19(21)20(22)18-15(5)9-12(2)10-16(18)6/h7-10,19-22H,1-6H3. The molecule has 2 atom stereocenters. The number of rotatable bonds is 3. The van der Waals surface area contributed by atoms with Gasteiger partial charge < -0.3 is 10.2 Å². The quantitative estimate of drug-likeness (QED) is 0.886. The van der Waals surface area contributed by atoms with E-state index in [1.54, 1.807) is 0 Å². The van der Waals surface area contributed by atoms with Gasteiger partial charge in [-0.25, -0.2) is 0 Å². The van der Waals surface area contributed by atoms with Crippen LogP contribution >= 0.6 is 0 Å². The first-order valence-corrected chi connectivity index (χ1v) is 7.74. The van der Waals surface area contributed by atoms with E-state index in [1.165, 1.54) is 11.1 Å². The third-order valence-corrected chi connectivity index (χ3v) is 4.37. The Balaban J connectivity index is 2.49. The molecule has 0 bridgehead atoms. The van der Waals surface area contributed by atoms with E-state index in [2.05, 4.69) is 0 Å². The molecule has 0 aliphatic rings. The van der Waals surface area contributed by atoms with Gasteiger partial charge in [0.25, 0.3) is 0 Å². The number of aliphatic hydroxyl groups excluding tert-OH is 2. The maximum absolute atomic E-state index is 10.8. The average Bonchev–Trinajstić information content (AvgIpc) is 2.35. The highest BCUT2D eigenvalue weighted by Gasteiger charge is 2.26. The van der Waals surface area contributed by atoms with Crippen LogP contribution in [0.1, 0.15) is 56.7 Å². The lowest BCUT2D eigenvalue weighted by atomic mass is 9.87. The second-order valence-electron chi connectivity index (χ2n) is 6.51. The zero-order valence-corrected chi connectivity index (χ0v) is 14.4. The van der Waals surface area contributed by atoms with Crippen LogP contribution in [0, 0.1) is 41.5 Å². The van der Waals surface area contributed by atoms with Gasteiger partial charge in [0.2, 0.25) is 0 Å². The summed E-state index contributed by atoms with van der Waals surface area (Å²) in [6.45, 7) is 12.0. The van der Waals surface area contributed by atoms with E-state index in [4.69, 9.17) is 0 Å². The number of aryl methyl sites for hydroxylation is 6. The van der Waals surface area contributed by atoms with Crippen molar-refractivity contribution in [1.29, 1.82) is 0 Å². The first kappa shape index (κ1) is 16.7. The van der Waals surface area contributed by atoms with Gasteiger partial charge in [0.1, 0.15) is 12.2 Å². The fourth-order valence-electron chi connectivity index (χ4n) is 3.63. The molecule has 0 fully saturated rings. The lowest BCUT2D eigenvalue weighted by Crippen LogP contribution is -2.15. The summed E-state index contributed by atoms with van der Waals surface area (Å²) in [6.07, 6.45) is -1.83. The minimum Gasteiger partial charge on any atom is -0.385 e. The molecule has 2 heteroatoms. The second kappa shape index (κ2) is 6.23. The second-order valence-corrected chi connectivity index (χ2v) is 6.51. The molecule has 2 N–H and O–H groups in total. The third kappa shape index (κ3) is 3.08. The van der Waals surface area contributed by atoms with Gasteiger partial charge in [-0.05, 0) is 74.9 Å². The van der Waals surface area contributed by atoms with E-state index in [0.29, 0.717) is 0 Å². The lowest BCUT2D eigenvalue weighted by molar-refractivity contribution is 0.0157. The van der Waals surface area contributed by atoms with E-state index in [9.17, 15) is 10.2 Å². The predicted molar refractivity (Wildman–Crippen MR) is 91.2 cm³/mol. The first-order chi connectivity index (χ1) is 10.2. The van der Waals surface area contributed by atoms with Gasteiger partial charge in [0, 0.05) is 0 Å². The Morgan fingerprint density at radius 3 is 1.00 bits per heavy atom. The Morgan fingerprint density at radius 1 is 0.545 bits per heavy atom. The predicted octanol–water partition coefficient (Wildman–Crippen LogP) is 4.30. The van der Waals surface area contributed by atoms with Crippen LogP contribution in [0.15, 0.2) is 24.3 Å². The molecule has 2 rings (SSSR count). The molecule has 22 heavy (non-hydrogen) atoms. The normalized spacial score (nSPS) is 14.0. The minimum atomic E-state index is -0.916. The third-order valence-electron chi connectivity index (χ3n) is 4.37. The molecule has 0 saturated carbocycles. The van der Waals surface area contributed by atoms with Crippen molar-refractivity contribution < 1.29 is 10.2 Å². The molecule has 0 radical (unpaired) electrons. The first-order valence-electron chi connectivity index (χ1n) is 7.74. The van der Waals surface area contributed by atoms with Gasteiger partial charge in [-0.15, -0.1) is 0 Å². The van der Waals surface area contributed by atoms with Crippen LogP contribution in [0.2, 0.25) is 0 Å². The van der Waals surface area contributed by atoms with Gasteiger partial charge in [-0.2, -0.15) is 0 Å². The molecule has 0 aromatic heterocycles. The summed E-state index contributed by atoms with van der Waals surface area (Å²) in [5.74, 6) is 0. The zero-order chi connectivity index (χ0) is 16.6. The average molecular weight is 298 g/mol. The van der Waals surface area contributed by atoms with Crippen molar-refractivity contribution in [3.05, 3.63) is 68.8 Å². The van der Waals surface area contributed by atoms with E-state index in [1.807, 2.05) is 65.8 Å². The summed E-state index contributed by atoms with van der Waals surface area (Å²) in [6, 6.07) is 8.19. The highest BCUT2D eigenvalue weighted by Crippen LogP contribution is 2.36. The van der Waals surface area contributed by atoms with Crippen LogP contribution < -0.4 is 0 Å². The van der Waals surface area contributed by atoms with E-state index >= 15 is 0 Å². The van der Waals surface area contributed by atoms with Crippen molar-refractivity contribution in [3.8, 4) is 0 Å². The number of hydrogen-bond acceptors (Lipinski definition) is 2. The van der Waals surface area contributed by atoms with Gasteiger partial charge in [-0.3, -0.25) is 0 Å². The molecule has 0 aliphatic heterocycles. The fraction of sp³-hybridized carbons (Fsp3) is 0.400.